The fourth-order valence-electron chi connectivity index (χ4n) is 1.82. The lowest BCUT2D eigenvalue weighted by Gasteiger charge is -2.08. The Hall–Kier alpha value is -1.55. The number of nitrogens with two attached hydrogens (primary N) is 1. The lowest BCUT2D eigenvalue weighted by Crippen LogP contribution is -2.00. The van der Waals surface area contributed by atoms with Crippen molar-refractivity contribution in [2.45, 2.75) is 31.0 Å². The molecule has 1 heterocycles. The zero-order chi connectivity index (χ0) is 13.0. The molecule has 0 radical (unpaired) electrons. The number of benzene rings is 1. The summed E-state index contributed by atoms with van der Waals surface area (Å²) in [5.74, 6) is 1.50. The molecular formula is C14H17N3S. The highest BCUT2D eigenvalue weighted by Gasteiger charge is 2.07. The van der Waals surface area contributed by atoms with Crippen LogP contribution in [0.4, 0.5) is 5.82 Å². The van der Waals surface area contributed by atoms with Gasteiger partial charge in [0.2, 0.25) is 0 Å². The largest absolute Gasteiger partial charge is 0.383 e. The Morgan fingerprint density at radius 1 is 1.28 bits per heavy atom. The van der Waals surface area contributed by atoms with Crippen molar-refractivity contribution in [3.8, 4) is 0 Å². The van der Waals surface area contributed by atoms with Gasteiger partial charge in [-0.05, 0) is 18.9 Å². The molecule has 18 heavy (non-hydrogen) atoms. The average molecular weight is 259 g/mol. The van der Waals surface area contributed by atoms with Crippen LogP contribution in [0.25, 0.3) is 0 Å². The summed E-state index contributed by atoms with van der Waals surface area (Å²) in [5.41, 5.74) is 9.50. The maximum Gasteiger partial charge on any atom is 0.131 e. The highest BCUT2D eigenvalue weighted by molar-refractivity contribution is 7.98. The van der Waals surface area contributed by atoms with Crippen molar-refractivity contribution in [2.75, 3.05) is 5.73 Å². The van der Waals surface area contributed by atoms with Crippen molar-refractivity contribution in [1.82, 2.24) is 9.97 Å². The molecule has 3 nitrogen and oxygen atoms in total. The second-order valence-electron chi connectivity index (χ2n) is 4.17. The van der Waals surface area contributed by atoms with Gasteiger partial charge >= 0.3 is 0 Å². The molecule has 0 atom stereocenters. The second kappa shape index (κ2) is 5.87. The minimum absolute atomic E-state index is 0.597. The molecule has 0 aliphatic carbocycles. The number of thioether (sulfide) groups is 1. The zero-order valence-electron chi connectivity index (χ0n) is 10.7. The van der Waals surface area contributed by atoms with Gasteiger partial charge in [0, 0.05) is 11.3 Å². The van der Waals surface area contributed by atoms with E-state index in [0.29, 0.717) is 5.82 Å². The predicted octanol–water partition coefficient (Wildman–Crippen LogP) is 3.22. The Kier molecular flexibility index (Phi) is 4.20. The molecule has 1 aromatic carbocycles. The van der Waals surface area contributed by atoms with Crippen LogP contribution < -0.4 is 5.73 Å². The molecule has 94 valence electrons. The van der Waals surface area contributed by atoms with Crippen molar-refractivity contribution in [3.05, 3.63) is 47.3 Å². The number of hydrogen-bond donors (Lipinski definition) is 1. The van der Waals surface area contributed by atoms with E-state index >= 15 is 0 Å². The van der Waals surface area contributed by atoms with Crippen molar-refractivity contribution in [3.63, 3.8) is 0 Å². The Bertz CT molecular complexity index is 540. The molecule has 0 aliphatic heterocycles. The van der Waals surface area contributed by atoms with Crippen LogP contribution in [-0.2, 0) is 12.2 Å². The highest BCUT2D eigenvalue weighted by atomic mass is 32.2. The molecule has 0 aliphatic rings. The fraction of sp³-hybridized carbons (Fsp3) is 0.286. The third-order valence-electron chi connectivity index (χ3n) is 2.75. The summed E-state index contributed by atoms with van der Waals surface area (Å²) >= 11 is 1.72. The first-order chi connectivity index (χ1) is 8.70. The molecule has 0 bridgehead atoms. The highest BCUT2D eigenvalue weighted by Crippen LogP contribution is 2.26. The molecule has 0 unspecified atom stereocenters. The van der Waals surface area contributed by atoms with Crippen molar-refractivity contribution in [1.29, 1.82) is 0 Å². The second-order valence-corrected chi connectivity index (χ2v) is 5.14. The SMILES string of the molecule is CCc1c(N)ncnc1SCc1cccc(C)c1. The van der Waals surface area contributed by atoms with Gasteiger partial charge in [0.15, 0.2) is 0 Å². The number of nitrogens with zero attached hydrogens (tertiary/aromatic N) is 2. The number of anilines is 1. The summed E-state index contributed by atoms with van der Waals surface area (Å²) in [5, 5.41) is 0.992. The van der Waals surface area contributed by atoms with Crippen LogP contribution in [0, 0.1) is 6.92 Å². The maximum atomic E-state index is 5.86. The standard InChI is InChI=1S/C14H17N3S/c1-3-12-13(15)16-9-17-14(12)18-8-11-6-4-5-10(2)7-11/h4-7,9H,3,8H2,1-2H3,(H2,15,16,17). The lowest BCUT2D eigenvalue weighted by atomic mass is 10.2. The molecule has 0 saturated heterocycles. The number of rotatable bonds is 4. The van der Waals surface area contributed by atoms with Gasteiger partial charge in [0.1, 0.15) is 17.2 Å². The Balaban J connectivity index is 2.13. The lowest BCUT2D eigenvalue weighted by molar-refractivity contribution is 0.952. The van der Waals surface area contributed by atoms with Crippen LogP contribution in [-0.4, -0.2) is 9.97 Å². The minimum atomic E-state index is 0.597. The maximum absolute atomic E-state index is 5.86. The van der Waals surface area contributed by atoms with Gasteiger partial charge < -0.3 is 5.73 Å². The summed E-state index contributed by atoms with van der Waals surface area (Å²) in [4.78, 5) is 8.35. The summed E-state index contributed by atoms with van der Waals surface area (Å²) in [7, 11) is 0. The van der Waals surface area contributed by atoms with Gasteiger partial charge in [-0.15, -0.1) is 11.8 Å². The van der Waals surface area contributed by atoms with Gasteiger partial charge in [-0.3, -0.25) is 0 Å². The Morgan fingerprint density at radius 3 is 2.83 bits per heavy atom. The molecule has 2 N–H and O–H groups in total. The number of aryl methyl sites for hydroxylation is 1. The summed E-state index contributed by atoms with van der Waals surface area (Å²) < 4.78 is 0. The van der Waals surface area contributed by atoms with Crippen LogP contribution in [0.5, 0.6) is 0 Å². The normalized spacial score (nSPS) is 10.6. The monoisotopic (exact) mass is 259 g/mol. The first-order valence-electron chi connectivity index (χ1n) is 5.98. The van der Waals surface area contributed by atoms with Gasteiger partial charge in [-0.2, -0.15) is 0 Å². The average Bonchev–Trinajstić information content (AvgIpc) is 2.36. The van der Waals surface area contributed by atoms with Crippen LogP contribution in [0.15, 0.2) is 35.6 Å². The number of nitrogen functional groups attached to an aromatic ring is 1. The predicted molar refractivity (Wildman–Crippen MR) is 76.6 cm³/mol. The molecule has 1 aromatic heterocycles. The van der Waals surface area contributed by atoms with Crippen molar-refractivity contribution >= 4 is 17.6 Å². The quantitative estimate of drug-likeness (QED) is 0.676. The molecule has 0 fully saturated rings. The van der Waals surface area contributed by atoms with E-state index in [1.54, 1.807) is 11.8 Å². The van der Waals surface area contributed by atoms with Gasteiger partial charge in [-0.1, -0.05) is 36.8 Å². The number of hydrogen-bond acceptors (Lipinski definition) is 4. The first-order valence-corrected chi connectivity index (χ1v) is 6.97. The summed E-state index contributed by atoms with van der Waals surface area (Å²) in [6, 6.07) is 8.52. The van der Waals surface area contributed by atoms with E-state index < -0.39 is 0 Å². The Labute approximate surface area is 112 Å². The molecule has 4 heteroatoms. The molecule has 2 rings (SSSR count). The van der Waals surface area contributed by atoms with E-state index in [0.717, 1.165) is 22.8 Å². The van der Waals surface area contributed by atoms with Crippen LogP contribution in [0.2, 0.25) is 0 Å². The first kappa shape index (κ1) is 12.9. The third-order valence-corrected chi connectivity index (χ3v) is 3.85. The van der Waals surface area contributed by atoms with Crippen molar-refractivity contribution in [2.24, 2.45) is 0 Å². The summed E-state index contributed by atoms with van der Waals surface area (Å²) in [6.07, 6.45) is 2.40. The smallest absolute Gasteiger partial charge is 0.131 e. The van der Waals surface area contributed by atoms with Crippen LogP contribution in [0.1, 0.15) is 23.6 Å². The fourth-order valence-corrected chi connectivity index (χ4v) is 2.85. The summed E-state index contributed by atoms with van der Waals surface area (Å²) in [6.45, 7) is 4.18. The van der Waals surface area contributed by atoms with E-state index in [9.17, 15) is 0 Å². The number of aromatic nitrogens is 2. The molecular weight excluding hydrogens is 242 g/mol. The topological polar surface area (TPSA) is 51.8 Å². The third kappa shape index (κ3) is 3.01. The molecule has 0 saturated carbocycles. The van der Waals surface area contributed by atoms with Crippen LogP contribution in [0.3, 0.4) is 0 Å². The van der Waals surface area contributed by atoms with E-state index in [2.05, 4.69) is 48.1 Å². The molecule has 0 spiro atoms. The van der Waals surface area contributed by atoms with Gasteiger partial charge in [0.25, 0.3) is 0 Å². The van der Waals surface area contributed by atoms with Crippen molar-refractivity contribution < 1.29 is 0 Å². The van der Waals surface area contributed by atoms with Crippen LogP contribution >= 0.6 is 11.8 Å². The zero-order valence-corrected chi connectivity index (χ0v) is 11.5. The molecule has 2 aromatic rings. The Morgan fingerprint density at radius 2 is 2.11 bits per heavy atom. The van der Waals surface area contributed by atoms with E-state index in [1.165, 1.54) is 17.5 Å². The minimum Gasteiger partial charge on any atom is -0.383 e. The molecule has 0 amide bonds. The van der Waals surface area contributed by atoms with E-state index in [1.807, 2.05) is 0 Å². The van der Waals surface area contributed by atoms with Gasteiger partial charge in [0.05, 0.1) is 0 Å². The van der Waals surface area contributed by atoms with E-state index in [4.69, 9.17) is 5.73 Å². The van der Waals surface area contributed by atoms with E-state index in [-0.39, 0.29) is 0 Å². The van der Waals surface area contributed by atoms with Gasteiger partial charge in [-0.25, -0.2) is 9.97 Å².